The molecule has 1 heterocycles. The van der Waals surface area contributed by atoms with Crippen LogP contribution in [0.5, 0.6) is 5.75 Å². The molecule has 2 aromatic rings. The number of halogens is 1. The SMILES string of the molecule is C[C@H](Oc1ccc(F)cc1)C(=O)Nc1ccc(N2CCOCC2)cc1. The molecule has 132 valence electrons. The lowest BCUT2D eigenvalue weighted by molar-refractivity contribution is -0.122. The van der Waals surface area contributed by atoms with E-state index in [1.54, 1.807) is 6.92 Å². The predicted octanol–water partition coefficient (Wildman–Crippen LogP) is 3.07. The molecule has 2 aromatic carbocycles. The van der Waals surface area contributed by atoms with Gasteiger partial charge in [-0.15, -0.1) is 0 Å². The Morgan fingerprint density at radius 3 is 2.40 bits per heavy atom. The zero-order valence-electron chi connectivity index (χ0n) is 14.1. The third kappa shape index (κ3) is 4.70. The van der Waals surface area contributed by atoms with Gasteiger partial charge in [0.25, 0.3) is 5.91 Å². The Bertz CT molecular complexity index is 698. The summed E-state index contributed by atoms with van der Waals surface area (Å²) >= 11 is 0. The summed E-state index contributed by atoms with van der Waals surface area (Å²) in [6, 6.07) is 13.3. The highest BCUT2D eigenvalue weighted by atomic mass is 19.1. The molecule has 1 saturated heterocycles. The number of amides is 1. The number of hydrogen-bond donors (Lipinski definition) is 1. The number of hydrogen-bond acceptors (Lipinski definition) is 4. The van der Waals surface area contributed by atoms with E-state index in [0.717, 1.165) is 32.0 Å². The number of morpholine rings is 1. The van der Waals surface area contributed by atoms with E-state index in [-0.39, 0.29) is 11.7 Å². The molecule has 0 aromatic heterocycles. The number of nitrogens with zero attached hydrogens (tertiary/aromatic N) is 1. The highest BCUT2D eigenvalue weighted by Crippen LogP contribution is 2.19. The molecule has 1 amide bonds. The summed E-state index contributed by atoms with van der Waals surface area (Å²) in [6.07, 6.45) is -0.690. The molecule has 0 saturated carbocycles. The Balaban J connectivity index is 1.55. The summed E-state index contributed by atoms with van der Waals surface area (Å²) in [5.74, 6) is -0.153. The summed E-state index contributed by atoms with van der Waals surface area (Å²) in [7, 11) is 0. The third-order valence-electron chi connectivity index (χ3n) is 4.01. The Morgan fingerprint density at radius 2 is 1.76 bits per heavy atom. The second-order valence-electron chi connectivity index (χ2n) is 5.85. The molecule has 0 aliphatic carbocycles. The van der Waals surface area contributed by atoms with Crippen molar-refractivity contribution >= 4 is 17.3 Å². The number of carbonyl (C=O) groups excluding carboxylic acids is 1. The molecular formula is C19H21FN2O3. The molecule has 0 spiro atoms. The van der Waals surface area contributed by atoms with Crippen LogP contribution < -0.4 is 15.0 Å². The molecule has 5 nitrogen and oxygen atoms in total. The van der Waals surface area contributed by atoms with Crippen LogP contribution in [0.4, 0.5) is 15.8 Å². The van der Waals surface area contributed by atoms with Crippen LogP contribution in [0, 0.1) is 5.82 Å². The molecule has 0 bridgehead atoms. The zero-order valence-corrected chi connectivity index (χ0v) is 14.1. The van der Waals surface area contributed by atoms with Gasteiger partial charge in [-0.3, -0.25) is 4.79 Å². The van der Waals surface area contributed by atoms with E-state index in [4.69, 9.17) is 9.47 Å². The van der Waals surface area contributed by atoms with Crippen molar-refractivity contribution in [3.05, 3.63) is 54.3 Å². The summed E-state index contributed by atoms with van der Waals surface area (Å²) in [5, 5.41) is 2.82. The quantitative estimate of drug-likeness (QED) is 0.906. The van der Waals surface area contributed by atoms with Crippen molar-refractivity contribution in [2.24, 2.45) is 0 Å². The van der Waals surface area contributed by atoms with Crippen molar-refractivity contribution < 1.29 is 18.7 Å². The van der Waals surface area contributed by atoms with Crippen LogP contribution in [0.25, 0.3) is 0 Å². The number of rotatable bonds is 5. The molecule has 6 heteroatoms. The van der Waals surface area contributed by atoms with Gasteiger partial charge in [0.15, 0.2) is 6.10 Å². The Kier molecular flexibility index (Phi) is 5.50. The van der Waals surface area contributed by atoms with Crippen LogP contribution in [0.15, 0.2) is 48.5 Å². The van der Waals surface area contributed by atoms with E-state index < -0.39 is 6.10 Å². The van der Waals surface area contributed by atoms with E-state index in [9.17, 15) is 9.18 Å². The lowest BCUT2D eigenvalue weighted by Crippen LogP contribution is -2.36. The van der Waals surface area contributed by atoms with E-state index in [0.29, 0.717) is 11.4 Å². The minimum absolute atomic E-state index is 0.261. The topological polar surface area (TPSA) is 50.8 Å². The standard InChI is InChI=1S/C19H21FN2O3/c1-14(25-18-8-2-15(20)3-9-18)19(23)21-16-4-6-17(7-5-16)22-10-12-24-13-11-22/h2-9,14H,10-13H2,1H3,(H,21,23)/t14-/m0/s1. The molecule has 1 aliphatic heterocycles. The first-order valence-electron chi connectivity index (χ1n) is 8.28. The zero-order chi connectivity index (χ0) is 17.6. The molecule has 1 atom stereocenters. The van der Waals surface area contributed by atoms with E-state index in [1.165, 1.54) is 24.3 Å². The van der Waals surface area contributed by atoms with Crippen molar-refractivity contribution in [1.82, 2.24) is 0 Å². The van der Waals surface area contributed by atoms with Crippen LogP contribution in [-0.4, -0.2) is 38.3 Å². The van der Waals surface area contributed by atoms with Gasteiger partial charge < -0.3 is 19.7 Å². The van der Waals surface area contributed by atoms with Gasteiger partial charge >= 0.3 is 0 Å². The van der Waals surface area contributed by atoms with Crippen molar-refractivity contribution in [1.29, 1.82) is 0 Å². The number of carbonyl (C=O) groups is 1. The first kappa shape index (κ1) is 17.2. The Labute approximate surface area is 146 Å². The molecule has 0 unspecified atom stereocenters. The van der Waals surface area contributed by atoms with Gasteiger partial charge in [0.1, 0.15) is 11.6 Å². The Morgan fingerprint density at radius 1 is 1.12 bits per heavy atom. The predicted molar refractivity (Wildman–Crippen MR) is 94.6 cm³/mol. The molecule has 0 radical (unpaired) electrons. The number of nitrogens with one attached hydrogen (secondary N) is 1. The average molecular weight is 344 g/mol. The van der Waals surface area contributed by atoms with Gasteiger partial charge in [-0.1, -0.05) is 0 Å². The van der Waals surface area contributed by atoms with E-state index in [1.807, 2.05) is 24.3 Å². The first-order chi connectivity index (χ1) is 12.1. The fraction of sp³-hybridized carbons (Fsp3) is 0.316. The summed E-state index contributed by atoms with van der Waals surface area (Å²) in [5.41, 5.74) is 1.81. The van der Waals surface area contributed by atoms with Crippen LogP contribution in [0.2, 0.25) is 0 Å². The Hall–Kier alpha value is -2.60. The second-order valence-corrected chi connectivity index (χ2v) is 5.85. The first-order valence-corrected chi connectivity index (χ1v) is 8.28. The minimum atomic E-state index is -0.690. The number of anilines is 2. The van der Waals surface area contributed by atoms with Crippen LogP contribution in [-0.2, 0) is 9.53 Å². The fourth-order valence-corrected chi connectivity index (χ4v) is 2.59. The van der Waals surface area contributed by atoms with Crippen molar-refractivity contribution in [2.75, 3.05) is 36.5 Å². The van der Waals surface area contributed by atoms with Gasteiger partial charge in [-0.25, -0.2) is 4.39 Å². The highest BCUT2D eigenvalue weighted by molar-refractivity contribution is 5.94. The van der Waals surface area contributed by atoms with E-state index >= 15 is 0 Å². The lowest BCUT2D eigenvalue weighted by atomic mass is 10.2. The highest BCUT2D eigenvalue weighted by Gasteiger charge is 2.16. The molecule has 1 aliphatic rings. The van der Waals surface area contributed by atoms with Gasteiger partial charge in [-0.2, -0.15) is 0 Å². The van der Waals surface area contributed by atoms with Gasteiger partial charge in [0, 0.05) is 24.5 Å². The third-order valence-corrected chi connectivity index (χ3v) is 4.01. The van der Waals surface area contributed by atoms with Crippen molar-refractivity contribution in [2.45, 2.75) is 13.0 Å². The van der Waals surface area contributed by atoms with Crippen molar-refractivity contribution in [3.63, 3.8) is 0 Å². The van der Waals surface area contributed by atoms with E-state index in [2.05, 4.69) is 10.2 Å². The molecule has 1 fully saturated rings. The largest absolute Gasteiger partial charge is 0.481 e. The molecule has 1 N–H and O–H groups in total. The maximum Gasteiger partial charge on any atom is 0.265 e. The molecule has 3 rings (SSSR count). The van der Waals surface area contributed by atoms with Gasteiger partial charge in [-0.05, 0) is 55.5 Å². The van der Waals surface area contributed by atoms with Gasteiger partial charge in [0.2, 0.25) is 0 Å². The monoisotopic (exact) mass is 344 g/mol. The maximum atomic E-state index is 12.9. The smallest absolute Gasteiger partial charge is 0.265 e. The number of benzene rings is 2. The second kappa shape index (κ2) is 7.98. The number of ether oxygens (including phenoxy) is 2. The van der Waals surface area contributed by atoms with Crippen LogP contribution in [0.3, 0.4) is 0 Å². The summed E-state index contributed by atoms with van der Waals surface area (Å²) in [4.78, 5) is 14.5. The molecule has 25 heavy (non-hydrogen) atoms. The minimum Gasteiger partial charge on any atom is -0.481 e. The molecular weight excluding hydrogens is 323 g/mol. The maximum absolute atomic E-state index is 12.9. The average Bonchev–Trinajstić information content (AvgIpc) is 2.65. The summed E-state index contributed by atoms with van der Waals surface area (Å²) in [6.45, 7) is 4.86. The van der Waals surface area contributed by atoms with Gasteiger partial charge in [0.05, 0.1) is 13.2 Å². The normalized spacial score (nSPS) is 15.5. The van der Waals surface area contributed by atoms with Crippen LogP contribution in [0.1, 0.15) is 6.92 Å². The summed E-state index contributed by atoms with van der Waals surface area (Å²) < 4.78 is 23.8. The fourth-order valence-electron chi connectivity index (χ4n) is 2.59. The van der Waals surface area contributed by atoms with Crippen molar-refractivity contribution in [3.8, 4) is 5.75 Å². The van der Waals surface area contributed by atoms with Crippen LogP contribution >= 0.6 is 0 Å². The lowest BCUT2D eigenvalue weighted by Gasteiger charge is -2.29.